The molecule has 0 saturated heterocycles. The Labute approximate surface area is 86.8 Å². The Kier molecular flexibility index (Phi) is 4.63. The van der Waals surface area contributed by atoms with Gasteiger partial charge in [0, 0.05) is 0 Å². The first-order valence-corrected chi connectivity index (χ1v) is 4.31. The van der Waals surface area contributed by atoms with Gasteiger partial charge in [0.25, 0.3) is 0 Å². The molecule has 0 aliphatic heterocycles. The zero-order valence-corrected chi connectivity index (χ0v) is 7.97. The van der Waals surface area contributed by atoms with Crippen molar-refractivity contribution in [2.75, 3.05) is 6.67 Å². The fourth-order valence-electron chi connectivity index (χ4n) is 0.911. The number of hydrogen-bond donors (Lipinski definition) is 1. The van der Waals surface area contributed by atoms with Crippen molar-refractivity contribution in [2.24, 2.45) is 4.99 Å². The van der Waals surface area contributed by atoms with Gasteiger partial charge < -0.3 is 10.1 Å². The van der Waals surface area contributed by atoms with Crippen LogP contribution in [0, 0.1) is 0 Å². The zero-order valence-electron chi connectivity index (χ0n) is 7.97. The number of isocyanates is 1. The molecule has 0 fully saturated rings. The van der Waals surface area contributed by atoms with Crippen LogP contribution in [0.15, 0.2) is 35.3 Å². The molecule has 0 spiro atoms. The Balaban J connectivity index is 2.25. The summed E-state index contributed by atoms with van der Waals surface area (Å²) in [7, 11) is 0. The van der Waals surface area contributed by atoms with E-state index < -0.39 is 6.09 Å². The van der Waals surface area contributed by atoms with E-state index in [0.29, 0.717) is 0 Å². The summed E-state index contributed by atoms with van der Waals surface area (Å²) in [6.45, 7) is 0.0780. The van der Waals surface area contributed by atoms with Gasteiger partial charge >= 0.3 is 6.09 Å². The second-order valence-electron chi connectivity index (χ2n) is 2.65. The van der Waals surface area contributed by atoms with E-state index in [1.807, 2.05) is 30.3 Å². The number of hydrogen-bond acceptors (Lipinski definition) is 4. The van der Waals surface area contributed by atoms with Gasteiger partial charge in [0.05, 0.1) is 0 Å². The van der Waals surface area contributed by atoms with E-state index in [9.17, 15) is 9.59 Å². The van der Waals surface area contributed by atoms with Gasteiger partial charge in [0.2, 0.25) is 6.08 Å². The van der Waals surface area contributed by atoms with Crippen LogP contribution in [0.25, 0.3) is 0 Å². The molecule has 1 N–H and O–H groups in total. The Morgan fingerprint density at radius 3 is 2.80 bits per heavy atom. The van der Waals surface area contributed by atoms with Crippen LogP contribution >= 0.6 is 0 Å². The smallest absolute Gasteiger partial charge is 0.408 e. The minimum Gasteiger partial charge on any atom is -0.445 e. The fraction of sp³-hybridized carbons (Fsp3) is 0.200. The summed E-state index contributed by atoms with van der Waals surface area (Å²) in [4.78, 5) is 23.8. The number of nitrogens with one attached hydrogen (secondary N) is 1. The maximum Gasteiger partial charge on any atom is 0.408 e. The van der Waals surface area contributed by atoms with E-state index in [0.717, 1.165) is 5.56 Å². The minimum atomic E-state index is -0.613. The Bertz CT molecular complexity index is 358. The van der Waals surface area contributed by atoms with Crippen molar-refractivity contribution in [1.29, 1.82) is 0 Å². The normalized spacial score (nSPS) is 8.80. The summed E-state index contributed by atoms with van der Waals surface area (Å²) in [6.07, 6.45) is 0.688. The molecule has 0 aliphatic carbocycles. The molecule has 5 heteroatoms. The molecule has 0 heterocycles. The van der Waals surface area contributed by atoms with E-state index in [-0.39, 0.29) is 13.3 Å². The standard InChI is InChI=1S/C10H10N2O3/c13-8-11-7-12-10(14)15-6-9-4-2-1-3-5-9/h1-5H,6-7H2,(H,12,14). The lowest BCUT2D eigenvalue weighted by molar-refractivity contribution is 0.140. The van der Waals surface area contributed by atoms with Gasteiger partial charge in [-0.2, -0.15) is 4.99 Å². The van der Waals surface area contributed by atoms with Crippen molar-refractivity contribution in [3.63, 3.8) is 0 Å². The second-order valence-corrected chi connectivity index (χ2v) is 2.65. The van der Waals surface area contributed by atoms with Gasteiger partial charge in [0.1, 0.15) is 13.3 Å². The van der Waals surface area contributed by atoms with Crippen molar-refractivity contribution in [1.82, 2.24) is 5.32 Å². The molecule has 78 valence electrons. The molecule has 0 aliphatic rings. The lowest BCUT2D eigenvalue weighted by atomic mass is 10.2. The topological polar surface area (TPSA) is 67.8 Å². The first-order chi connectivity index (χ1) is 7.33. The van der Waals surface area contributed by atoms with Gasteiger partial charge in [-0.1, -0.05) is 30.3 Å². The molecular weight excluding hydrogens is 196 g/mol. The summed E-state index contributed by atoms with van der Waals surface area (Å²) < 4.78 is 4.83. The number of alkyl carbamates (subject to hydrolysis) is 1. The van der Waals surface area contributed by atoms with Crippen LogP contribution in [0.5, 0.6) is 0 Å². The number of rotatable bonds is 4. The van der Waals surface area contributed by atoms with Crippen molar-refractivity contribution < 1.29 is 14.3 Å². The molecule has 1 aromatic carbocycles. The Morgan fingerprint density at radius 2 is 2.13 bits per heavy atom. The third-order valence-electron chi connectivity index (χ3n) is 1.58. The third-order valence-corrected chi connectivity index (χ3v) is 1.58. The zero-order chi connectivity index (χ0) is 10.9. The summed E-state index contributed by atoms with van der Waals surface area (Å²) in [5, 5.41) is 2.26. The van der Waals surface area contributed by atoms with E-state index in [1.165, 1.54) is 6.08 Å². The maximum absolute atomic E-state index is 11.0. The fourth-order valence-corrected chi connectivity index (χ4v) is 0.911. The maximum atomic E-state index is 11.0. The number of aliphatic imine (C=N–C) groups is 1. The lowest BCUT2D eigenvalue weighted by Crippen LogP contribution is -2.24. The van der Waals surface area contributed by atoms with Gasteiger partial charge in [0.15, 0.2) is 0 Å². The highest BCUT2D eigenvalue weighted by Crippen LogP contribution is 2.00. The SMILES string of the molecule is O=C=NCNC(=O)OCc1ccccc1. The predicted octanol–water partition coefficient (Wildman–Crippen LogP) is 1.21. The number of carbonyl (C=O) groups excluding carboxylic acids is 2. The van der Waals surface area contributed by atoms with Crippen LogP contribution in [-0.4, -0.2) is 18.8 Å². The average molecular weight is 206 g/mol. The van der Waals surface area contributed by atoms with Crippen molar-refractivity contribution in [2.45, 2.75) is 6.61 Å². The average Bonchev–Trinajstić information content (AvgIpc) is 2.28. The molecule has 0 atom stereocenters. The minimum absolute atomic E-state index is 0.114. The molecule has 15 heavy (non-hydrogen) atoms. The second kappa shape index (κ2) is 6.34. The van der Waals surface area contributed by atoms with E-state index in [2.05, 4.69) is 10.3 Å². The van der Waals surface area contributed by atoms with Crippen LogP contribution in [0.3, 0.4) is 0 Å². The van der Waals surface area contributed by atoms with Gasteiger partial charge in [-0.25, -0.2) is 9.59 Å². The van der Waals surface area contributed by atoms with Crippen LogP contribution in [0.2, 0.25) is 0 Å². The van der Waals surface area contributed by atoms with Gasteiger partial charge in [-0.05, 0) is 5.56 Å². The lowest BCUT2D eigenvalue weighted by Gasteiger charge is -2.04. The van der Waals surface area contributed by atoms with Crippen LogP contribution in [0.4, 0.5) is 4.79 Å². The molecule has 0 aromatic heterocycles. The number of carbonyl (C=O) groups is 1. The Morgan fingerprint density at radius 1 is 1.40 bits per heavy atom. The van der Waals surface area contributed by atoms with Crippen molar-refractivity contribution in [3.05, 3.63) is 35.9 Å². The highest BCUT2D eigenvalue weighted by Gasteiger charge is 1.99. The van der Waals surface area contributed by atoms with Gasteiger partial charge in [-0.15, -0.1) is 0 Å². The van der Waals surface area contributed by atoms with E-state index >= 15 is 0 Å². The summed E-state index contributed by atoms with van der Waals surface area (Å²) in [5.74, 6) is 0. The quantitative estimate of drug-likeness (QED) is 0.594. The molecule has 1 amide bonds. The molecule has 0 unspecified atom stereocenters. The predicted molar refractivity (Wildman–Crippen MR) is 52.8 cm³/mol. The summed E-state index contributed by atoms with van der Waals surface area (Å²) in [6, 6.07) is 9.27. The Hall–Kier alpha value is -2.13. The van der Waals surface area contributed by atoms with Crippen LogP contribution in [-0.2, 0) is 16.1 Å². The van der Waals surface area contributed by atoms with Crippen LogP contribution < -0.4 is 5.32 Å². The summed E-state index contributed by atoms with van der Waals surface area (Å²) in [5.41, 5.74) is 0.895. The van der Waals surface area contributed by atoms with E-state index in [1.54, 1.807) is 0 Å². The third kappa shape index (κ3) is 4.59. The summed E-state index contributed by atoms with van der Waals surface area (Å²) >= 11 is 0. The molecule has 0 bridgehead atoms. The first kappa shape index (κ1) is 10.9. The van der Waals surface area contributed by atoms with Gasteiger partial charge in [-0.3, -0.25) is 0 Å². The van der Waals surface area contributed by atoms with Crippen molar-refractivity contribution >= 4 is 12.2 Å². The number of amides is 1. The molecule has 0 radical (unpaired) electrons. The molecule has 1 aromatic rings. The van der Waals surface area contributed by atoms with Crippen molar-refractivity contribution in [3.8, 4) is 0 Å². The highest BCUT2D eigenvalue weighted by molar-refractivity contribution is 5.67. The highest BCUT2D eigenvalue weighted by atomic mass is 16.5. The molecule has 5 nitrogen and oxygen atoms in total. The number of nitrogens with zero attached hydrogens (tertiary/aromatic N) is 1. The number of benzene rings is 1. The largest absolute Gasteiger partial charge is 0.445 e. The van der Waals surface area contributed by atoms with E-state index in [4.69, 9.17) is 4.74 Å². The first-order valence-electron chi connectivity index (χ1n) is 4.31. The molecule has 0 saturated carbocycles. The molecular formula is C10H10N2O3. The van der Waals surface area contributed by atoms with Crippen LogP contribution in [0.1, 0.15) is 5.56 Å². The molecule has 1 rings (SSSR count). The number of ether oxygens (including phenoxy) is 1. The monoisotopic (exact) mass is 206 g/mol.